The second kappa shape index (κ2) is 4.96. The SMILES string of the molecule is CCn1cnnc1CNc1nc(Br)cn2ccnc12. The van der Waals surface area contributed by atoms with Gasteiger partial charge in [-0.05, 0) is 22.9 Å². The van der Waals surface area contributed by atoms with Crippen molar-refractivity contribution < 1.29 is 0 Å². The van der Waals surface area contributed by atoms with Gasteiger partial charge in [-0.3, -0.25) is 0 Å². The highest BCUT2D eigenvalue weighted by Crippen LogP contribution is 2.17. The molecule has 0 aliphatic heterocycles. The predicted octanol–water partition coefficient (Wildman–Crippen LogP) is 1.72. The summed E-state index contributed by atoms with van der Waals surface area (Å²) in [7, 11) is 0. The number of aromatic nitrogens is 6. The quantitative estimate of drug-likeness (QED) is 0.792. The summed E-state index contributed by atoms with van der Waals surface area (Å²) in [5.41, 5.74) is 0.783. The van der Waals surface area contributed by atoms with Gasteiger partial charge in [0.2, 0.25) is 0 Å². The topological polar surface area (TPSA) is 72.9 Å². The lowest BCUT2D eigenvalue weighted by atomic mass is 10.5. The average Bonchev–Trinajstić information content (AvgIpc) is 3.03. The van der Waals surface area contributed by atoms with Gasteiger partial charge in [-0.2, -0.15) is 0 Å². The summed E-state index contributed by atoms with van der Waals surface area (Å²) in [5.74, 6) is 1.58. The van der Waals surface area contributed by atoms with E-state index in [-0.39, 0.29) is 0 Å². The molecule has 8 heteroatoms. The second-order valence-electron chi connectivity index (χ2n) is 3.96. The fourth-order valence-corrected chi connectivity index (χ4v) is 2.26. The Labute approximate surface area is 117 Å². The Hall–Kier alpha value is -1.96. The molecular weight excluding hydrogens is 310 g/mol. The molecule has 98 valence electrons. The molecule has 0 aliphatic rings. The van der Waals surface area contributed by atoms with Crippen LogP contribution in [0.2, 0.25) is 0 Å². The second-order valence-corrected chi connectivity index (χ2v) is 4.77. The Morgan fingerprint density at radius 2 is 2.32 bits per heavy atom. The Balaban J connectivity index is 1.87. The molecular formula is C11H12BrN7. The lowest BCUT2D eigenvalue weighted by molar-refractivity contribution is 0.707. The molecule has 0 bridgehead atoms. The van der Waals surface area contributed by atoms with Crippen LogP contribution in [-0.4, -0.2) is 29.1 Å². The van der Waals surface area contributed by atoms with Crippen molar-refractivity contribution in [1.82, 2.24) is 29.1 Å². The predicted molar refractivity (Wildman–Crippen MR) is 73.7 cm³/mol. The maximum absolute atomic E-state index is 4.39. The van der Waals surface area contributed by atoms with Gasteiger partial charge in [0.05, 0.1) is 6.54 Å². The molecule has 3 aromatic heterocycles. The van der Waals surface area contributed by atoms with Crippen LogP contribution in [0.15, 0.2) is 29.5 Å². The summed E-state index contributed by atoms with van der Waals surface area (Å²) in [6, 6.07) is 0. The molecule has 0 fully saturated rings. The molecule has 0 amide bonds. The third-order valence-electron chi connectivity index (χ3n) is 2.80. The van der Waals surface area contributed by atoms with Crippen LogP contribution >= 0.6 is 15.9 Å². The summed E-state index contributed by atoms with van der Waals surface area (Å²) < 4.78 is 4.63. The van der Waals surface area contributed by atoms with Crippen molar-refractivity contribution >= 4 is 27.4 Å². The molecule has 0 saturated heterocycles. The van der Waals surface area contributed by atoms with Crippen molar-refractivity contribution in [2.75, 3.05) is 5.32 Å². The zero-order valence-electron chi connectivity index (χ0n) is 10.3. The van der Waals surface area contributed by atoms with E-state index in [1.54, 1.807) is 12.5 Å². The number of hydrogen-bond acceptors (Lipinski definition) is 5. The first-order chi connectivity index (χ1) is 9.28. The molecule has 0 spiro atoms. The zero-order chi connectivity index (χ0) is 13.2. The third kappa shape index (κ3) is 2.30. The minimum absolute atomic E-state index is 0.555. The van der Waals surface area contributed by atoms with E-state index >= 15 is 0 Å². The summed E-state index contributed by atoms with van der Waals surface area (Å²) in [6.07, 6.45) is 7.20. The van der Waals surface area contributed by atoms with E-state index in [0.29, 0.717) is 12.4 Å². The highest BCUT2D eigenvalue weighted by Gasteiger charge is 2.08. The molecule has 0 saturated carbocycles. The van der Waals surface area contributed by atoms with E-state index in [4.69, 9.17) is 0 Å². The van der Waals surface area contributed by atoms with Crippen LogP contribution in [0.5, 0.6) is 0 Å². The number of nitrogens with zero attached hydrogens (tertiary/aromatic N) is 6. The van der Waals surface area contributed by atoms with Crippen LogP contribution in [0, 0.1) is 0 Å². The molecule has 7 nitrogen and oxygen atoms in total. The van der Waals surface area contributed by atoms with E-state index in [0.717, 1.165) is 22.6 Å². The van der Waals surface area contributed by atoms with Crippen molar-refractivity contribution in [3.8, 4) is 0 Å². The van der Waals surface area contributed by atoms with Crippen LogP contribution in [0.1, 0.15) is 12.7 Å². The van der Waals surface area contributed by atoms with Gasteiger partial charge in [-0.25, -0.2) is 9.97 Å². The van der Waals surface area contributed by atoms with Gasteiger partial charge in [0.15, 0.2) is 17.3 Å². The first-order valence-corrected chi connectivity index (χ1v) is 6.67. The van der Waals surface area contributed by atoms with Gasteiger partial charge < -0.3 is 14.3 Å². The Kier molecular flexibility index (Phi) is 3.16. The number of anilines is 1. The van der Waals surface area contributed by atoms with E-state index in [9.17, 15) is 0 Å². The lowest BCUT2D eigenvalue weighted by Gasteiger charge is -2.08. The zero-order valence-corrected chi connectivity index (χ0v) is 11.9. The first-order valence-electron chi connectivity index (χ1n) is 5.87. The van der Waals surface area contributed by atoms with Gasteiger partial charge in [-0.15, -0.1) is 10.2 Å². The maximum Gasteiger partial charge on any atom is 0.180 e. The first kappa shape index (κ1) is 12.1. The number of hydrogen-bond donors (Lipinski definition) is 1. The van der Waals surface area contributed by atoms with E-state index in [1.807, 2.05) is 21.4 Å². The van der Waals surface area contributed by atoms with Crippen molar-refractivity contribution in [1.29, 1.82) is 0 Å². The Morgan fingerprint density at radius 1 is 1.42 bits per heavy atom. The molecule has 19 heavy (non-hydrogen) atoms. The smallest absolute Gasteiger partial charge is 0.180 e. The standard InChI is InChI=1S/C11H12BrN7/c1-2-18-7-15-17-9(18)5-14-10-11-13-3-4-19(11)6-8(12)16-10/h3-4,6-7H,2,5H2,1H3,(H,14,16). The van der Waals surface area contributed by atoms with E-state index < -0.39 is 0 Å². The van der Waals surface area contributed by atoms with Crippen LogP contribution in [0.25, 0.3) is 5.65 Å². The minimum Gasteiger partial charge on any atom is -0.360 e. The maximum atomic E-state index is 4.39. The molecule has 3 heterocycles. The Morgan fingerprint density at radius 3 is 3.16 bits per heavy atom. The van der Waals surface area contributed by atoms with Gasteiger partial charge in [0.25, 0.3) is 0 Å². The molecule has 3 rings (SSSR count). The van der Waals surface area contributed by atoms with Gasteiger partial charge in [0.1, 0.15) is 10.9 Å². The van der Waals surface area contributed by atoms with Gasteiger partial charge in [-0.1, -0.05) is 0 Å². The number of fused-ring (bicyclic) bond motifs is 1. The van der Waals surface area contributed by atoms with Crippen molar-refractivity contribution in [2.24, 2.45) is 0 Å². The number of rotatable bonds is 4. The number of imidazole rings is 1. The number of aryl methyl sites for hydroxylation is 1. The monoisotopic (exact) mass is 321 g/mol. The fourth-order valence-electron chi connectivity index (χ4n) is 1.86. The van der Waals surface area contributed by atoms with E-state index in [1.165, 1.54) is 0 Å². The van der Waals surface area contributed by atoms with Crippen molar-refractivity contribution in [2.45, 2.75) is 20.0 Å². The fraction of sp³-hybridized carbons (Fsp3) is 0.273. The Bertz CT molecular complexity index is 702. The number of halogens is 1. The van der Waals surface area contributed by atoms with Crippen LogP contribution in [0.3, 0.4) is 0 Å². The summed E-state index contributed by atoms with van der Waals surface area (Å²) in [4.78, 5) is 8.67. The molecule has 1 N–H and O–H groups in total. The van der Waals surface area contributed by atoms with Crippen LogP contribution in [-0.2, 0) is 13.1 Å². The molecule has 0 radical (unpaired) electrons. The average molecular weight is 322 g/mol. The number of nitrogens with one attached hydrogen (secondary N) is 1. The minimum atomic E-state index is 0.555. The van der Waals surface area contributed by atoms with E-state index in [2.05, 4.69) is 48.3 Å². The van der Waals surface area contributed by atoms with Crippen molar-refractivity contribution in [3.63, 3.8) is 0 Å². The van der Waals surface area contributed by atoms with Crippen molar-refractivity contribution in [3.05, 3.63) is 35.3 Å². The summed E-state index contributed by atoms with van der Waals surface area (Å²) in [6.45, 7) is 3.45. The van der Waals surface area contributed by atoms with Gasteiger partial charge >= 0.3 is 0 Å². The molecule has 3 aromatic rings. The molecule has 0 aromatic carbocycles. The van der Waals surface area contributed by atoms with Crippen LogP contribution < -0.4 is 5.32 Å². The molecule has 0 atom stereocenters. The molecule has 0 unspecified atom stereocenters. The third-order valence-corrected chi connectivity index (χ3v) is 3.18. The normalized spacial score (nSPS) is 11.1. The summed E-state index contributed by atoms with van der Waals surface area (Å²) in [5, 5.41) is 11.2. The highest BCUT2D eigenvalue weighted by atomic mass is 79.9. The largest absolute Gasteiger partial charge is 0.360 e. The lowest BCUT2D eigenvalue weighted by Crippen LogP contribution is -2.09. The van der Waals surface area contributed by atoms with Crippen LogP contribution in [0.4, 0.5) is 5.82 Å². The molecule has 0 aliphatic carbocycles. The summed E-state index contributed by atoms with van der Waals surface area (Å²) >= 11 is 3.38. The highest BCUT2D eigenvalue weighted by molar-refractivity contribution is 9.10. The van der Waals surface area contributed by atoms with Gasteiger partial charge in [0, 0.05) is 25.1 Å².